The van der Waals surface area contributed by atoms with Crippen molar-refractivity contribution < 1.29 is 9.13 Å². The molecule has 18 heavy (non-hydrogen) atoms. The molecule has 4 atom stereocenters. The number of piperidine rings is 1. The Morgan fingerprint density at radius 2 is 1.72 bits per heavy atom. The van der Waals surface area contributed by atoms with E-state index < -0.39 is 6.17 Å². The third-order valence-electron chi connectivity index (χ3n) is 4.19. The summed E-state index contributed by atoms with van der Waals surface area (Å²) in [6.07, 6.45) is 0.672. The maximum atomic E-state index is 14.4. The Bertz CT molecular complexity index is 265. The van der Waals surface area contributed by atoms with E-state index >= 15 is 0 Å². The number of rotatable bonds is 2. The second-order valence-electron chi connectivity index (χ2n) is 6.17. The predicted octanol–water partition coefficient (Wildman–Crippen LogP) is 1.92. The summed E-state index contributed by atoms with van der Waals surface area (Å²) >= 11 is 0. The third kappa shape index (κ3) is 3.22. The molecular weight excluding hydrogens is 231 g/mol. The quantitative estimate of drug-likeness (QED) is 0.752. The Balaban J connectivity index is 1.93. The molecule has 2 fully saturated rings. The second-order valence-corrected chi connectivity index (χ2v) is 6.17. The largest absolute Gasteiger partial charge is 0.373 e. The zero-order chi connectivity index (χ0) is 13.3. The third-order valence-corrected chi connectivity index (χ3v) is 4.19. The summed E-state index contributed by atoms with van der Waals surface area (Å²) in [4.78, 5) is 4.55. The van der Waals surface area contributed by atoms with Gasteiger partial charge in [0.05, 0.1) is 12.2 Å². The zero-order valence-corrected chi connectivity index (χ0v) is 12.1. The number of hydrogen-bond acceptors (Lipinski definition) is 3. The van der Waals surface area contributed by atoms with E-state index in [1.807, 2.05) is 0 Å². The van der Waals surface area contributed by atoms with Crippen LogP contribution in [0.3, 0.4) is 0 Å². The van der Waals surface area contributed by atoms with E-state index in [9.17, 15) is 4.39 Å². The first kappa shape index (κ1) is 14.2. The topological polar surface area (TPSA) is 15.7 Å². The fraction of sp³-hybridized carbons (Fsp3) is 1.00. The first-order chi connectivity index (χ1) is 8.47. The lowest BCUT2D eigenvalue weighted by Crippen LogP contribution is -2.58. The fourth-order valence-electron chi connectivity index (χ4n) is 3.28. The Hall–Kier alpha value is -0.190. The SMILES string of the molecule is CC(C)N1CC[C@@H](N2C[C@@H](C)O[C@@H](C)C2)[C@@H](F)C1. The molecule has 0 spiro atoms. The average molecular weight is 258 g/mol. The van der Waals surface area contributed by atoms with Crippen LogP contribution in [0, 0.1) is 0 Å². The number of likely N-dealkylation sites (tertiary alicyclic amines) is 1. The van der Waals surface area contributed by atoms with Crippen molar-refractivity contribution in [1.29, 1.82) is 0 Å². The Labute approximate surface area is 110 Å². The number of alkyl halides is 1. The number of hydrogen-bond donors (Lipinski definition) is 0. The van der Waals surface area contributed by atoms with Gasteiger partial charge in [-0.05, 0) is 34.1 Å². The molecule has 0 radical (unpaired) electrons. The number of morpholine rings is 1. The van der Waals surface area contributed by atoms with Crippen LogP contribution in [0.5, 0.6) is 0 Å². The van der Waals surface area contributed by atoms with Crippen molar-refractivity contribution in [3.8, 4) is 0 Å². The highest BCUT2D eigenvalue weighted by atomic mass is 19.1. The van der Waals surface area contributed by atoms with Crippen LogP contribution >= 0.6 is 0 Å². The zero-order valence-electron chi connectivity index (χ0n) is 12.1. The van der Waals surface area contributed by atoms with E-state index in [1.165, 1.54) is 0 Å². The maximum absolute atomic E-state index is 14.4. The minimum atomic E-state index is -0.723. The summed E-state index contributed by atoms with van der Waals surface area (Å²) in [6, 6.07) is 0.542. The predicted molar refractivity (Wildman–Crippen MR) is 71.6 cm³/mol. The lowest BCUT2D eigenvalue weighted by atomic mass is 9.98. The normalized spacial score (nSPS) is 40.3. The summed E-state index contributed by atoms with van der Waals surface area (Å²) in [6.45, 7) is 11.8. The molecule has 0 aromatic rings. The minimum Gasteiger partial charge on any atom is -0.373 e. The minimum absolute atomic E-state index is 0.0915. The second kappa shape index (κ2) is 5.85. The van der Waals surface area contributed by atoms with Crippen molar-refractivity contribution in [1.82, 2.24) is 9.80 Å². The van der Waals surface area contributed by atoms with E-state index in [-0.39, 0.29) is 18.2 Å². The molecular formula is C14H27FN2O. The van der Waals surface area contributed by atoms with Gasteiger partial charge in [0.15, 0.2) is 0 Å². The summed E-state index contributed by atoms with van der Waals surface area (Å²) in [5.41, 5.74) is 0. The molecule has 0 N–H and O–H groups in total. The molecule has 2 aliphatic heterocycles. The molecule has 0 aromatic carbocycles. The van der Waals surface area contributed by atoms with E-state index in [4.69, 9.17) is 4.74 Å². The van der Waals surface area contributed by atoms with Gasteiger partial charge in [-0.25, -0.2) is 4.39 Å². The van der Waals surface area contributed by atoms with E-state index in [0.717, 1.165) is 26.1 Å². The lowest BCUT2D eigenvalue weighted by Gasteiger charge is -2.45. The summed E-state index contributed by atoms with van der Waals surface area (Å²) < 4.78 is 20.1. The molecule has 2 heterocycles. The summed E-state index contributed by atoms with van der Waals surface area (Å²) in [5.74, 6) is 0. The highest BCUT2D eigenvalue weighted by Gasteiger charge is 2.37. The van der Waals surface area contributed by atoms with Gasteiger partial charge in [0.25, 0.3) is 0 Å². The molecule has 0 unspecified atom stereocenters. The van der Waals surface area contributed by atoms with Crippen LogP contribution < -0.4 is 0 Å². The molecule has 106 valence electrons. The number of halogens is 1. The van der Waals surface area contributed by atoms with Crippen LogP contribution in [0.1, 0.15) is 34.1 Å². The van der Waals surface area contributed by atoms with Gasteiger partial charge in [-0.3, -0.25) is 9.80 Å². The van der Waals surface area contributed by atoms with Crippen LogP contribution in [0.25, 0.3) is 0 Å². The molecule has 0 amide bonds. The molecule has 2 rings (SSSR count). The van der Waals surface area contributed by atoms with E-state index in [1.54, 1.807) is 0 Å². The Morgan fingerprint density at radius 3 is 2.22 bits per heavy atom. The highest BCUT2D eigenvalue weighted by molar-refractivity contribution is 4.90. The van der Waals surface area contributed by atoms with Crippen LogP contribution in [-0.2, 0) is 4.74 Å². The Morgan fingerprint density at radius 1 is 1.11 bits per heavy atom. The molecule has 3 nitrogen and oxygen atoms in total. The molecule has 0 aromatic heterocycles. The van der Waals surface area contributed by atoms with Crippen LogP contribution in [0.4, 0.5) is 4.39 Å². The van der Waals surface area contributed by atoms with Crippen LogP contribution in [0.2, 0.25) is 0 Å². The maximum Gasteiger partial charge on any atom is 0.128 e. The summed E-state index contributed by atoms with van der Waals surface area (Å²) in [5, 5.41) is 0. The van der Waals surface area contributed by atoms with Crippen molar-refractivity contribution in [2.75, 3.05) is 26.2 Å². The summed E-state index contributed by atoms with van der Waals surface area (Å²) in [7, 11) is 0. The van der Waals surface area contributed by atoms with Crippen molar-refractivity contribution in [2.24, 2.45) is 0 Å². The van der Waals surface area contributed by atoms with Gasteiger partial charge in [-0.2, -0.15) is 0 Å². The molecule has 2 saturated heterocycles. The molecule has 2 aliphatic rings. The van der Waals surface area contributed by atoms with Crippen molar-refractivity contribution in [3.05, 3.63) is 0 Å². The molecule has 0 saturated carbocycles. The highest BCUT2D eigenvalue weighted by Crippen LogP contribution is 2.24. The van der Waals surface area contributed by atoms with Crippen molar-refractivity contribution in [2.45, 2.75) is 64.6 Å². The van der Waals surface area contributed by atoms with Gasteiger partial charge in [0.1, 0.15) is 6.17 Å². The lowest BCUT2D eigenvalue weighted by molar-refractivity contribution is -0.0990. The number of nitrogens with zero attached hydrogens (tertiary/aromatic N) is 2. The van der Waals surface area contributed by atoms with Crippen LogP contribution in [0.15, 0.2) is 0 Å². The van der Waals surface area contributed by atoms with Gasteiger partial charge in [-0.15, -0.1) is 0 Å². The van der Waals surface area contributed by atoms with Gasteiger partial charge >= 0.3 is 0 Å². The fourth-order valence-corrected chi connectivity index (χ4v) is 3.28. The van der Waals surface area contributed by atoms with Gasteiger partial charge in [0, 0.05) is 38.3 Å². The first-order valence-electron chi connectivity index (χ1n) is 7.25. The monoisotopic (exact) mass is 258 g/mol. The number of ether oxygens (including phenoxy) is 1. The standard InChI is InChI=1S/C14H27FN2O/c1-10(2)16-6-5-14(13(15)9-16)17-7-11(3)18-12(4)8-17/h10-14H,5-9H2,1-4H3/t11-,12+,13-,14+/m0/s1. The first-order valence-corrected chi connectivity index (χ1v) is 7.25. The smallest absolute Gasteiger partial charge is 0.128 e. The van der Waals surface area contributed by atoms with Crippen molar-refractivity contribution >= 4 is 0 Å². The van der Waals surface area contributed by atoms with Crippen molar-refractivity contribution in [3.63, 3.8) is 0 Å². The molecule has 0 bridgehead atoms. The average Bonchev–Trinajstić information content (AvgIpc) is 2.27. The molecule has 4 heteroatoms. The van der Waals surface area contributed by atoms with Crippen LogP contribution in [-0.4, -0.2) is 66.4 Å². The molecule has 0 aliphatic carbocycles. The van der Waals surface area contributed by atoms with Gasteiger partial charge in [0.2, 0.25) is 0 Å². The van der Waals surface area contributed by atoms with Gasteiger partial charge in [-0.1, -0.05) is 0 Å². The van der Waals surface area contributed by atoms with E-state index in [2.05, 4.69) is 37.5 Å². The van der Waals surface area contributed by atoms with Gasteiger partial charge < -0.3 is 4.74 Å². The van der Waals surface area contributed by atoms with E-state index in [0.29, 0.717) is 12.6 Å². The Kier molecular flexibility index (Phi) is 4.62.